The van der Waals surface area contributed by atoms with E-state index in [9.17, 15) is 4.79 Å². The smallest absolute Gasteiger partial charge is 0.221 e. The number of aliphatic hydroxyl groups is 1. The molecule has 0 bridgehead atoms. The summed E-state index contributed by atoms with van der Waals surface area (Å²) in [7, 11) is 0. The monoisotopic (exact) mass is 345 g/mol. The quantitative estimate of drug-likeness (QED) is 0.746. The molecular weight excluding hydrogens is 326 g/mol. The second kappa shape index (κ2) is 8.61. The summed E-state index contributed by atoms with van der Waals surface area (Å²) >= 11 is 5.14. The van der Waals surface area contributed by atoms with E-state index in [1.165, 1.54) is 0 Å². The zero-order chi connectivity index (χ0) is 14.3. The van der Waals surface area contributed by atoms with Crippen LogP contribution < -0.4 is 5.32 Å². The van der Waals surface area contributed by atoms with E-state index in [-0.39, 0.29) is 24.5 Å². The molecule has 2 N–H and O–H groups in total. The largest absolute Gasteiger partial charge is 0.396 e. The summed E-state index contributed by atoms with van der Waals surface area (Å²) in [6, 6.07) is 7.99. The van der Waals surface area contributed by atoms with Gasteiger partial charge in [0.05, 0.1) is 0 Å². The highest BCUT2D eigenvalue weighted by Crippen LogP contribution is 2.27. The van der Waals surface area contributed by atoms with Gasteiger partial charge in [-0.2, -0.15) is 0 Å². The molecule has 0 saturated carbocycles. The van der Waals surface area contributed by atoms with Crippen LogP contribution in [-0.4, -0.2) is 29.4 Å². The van der Waals surface area contributed by atoms with Crippen LogP contribution in [-0.2, 0) is 4.79 Å². The van der Waals surface area contributed by atoms with Crippen molar-refractivity contribution in [1.82, 2.24) is 5.32 Å². The van der Waals surface area contributed by atoms with Crippen molar-refractivity contribution in [3.05, 3.63) is 28.7 Å². The van der Waals surface area contributed by atoms with Crippen LogP contribution in [0.2, 0.25) is 0 Å². The molecule has 5 heteroatoms. The molecule has 2 unspecified atom stereocenters. The standard InChI is InChI=1S/C14H20BrNO2S/c1-10(9-17)11(2)16-14(18)7-8-19-13-6-4-3-5-12(13)15/h3-6,10-11,17H,7-9H2,1-2H3,(H,16,18). The fourth-order valence-corrected chi connectivity index (χ4v) is 2.96. The Morgan fingerprint density at radius 2 is 2.11 bits per heavy atom. The zero-order valence-electron chi connectivity index (χ0n) is 11.2. The average molecular weight is 346 g/mol. The second-order valence-corrected chi connectivity index (χ2v) is 6.54. The summed E-state index contributed by atoms with van der Waals surface area (Å²) in [4.78, 5) is 12.9. The molecule has 0 fully saturated rings. The molecule has 1 amide bonds. The third kappa shape index (κ3) is 5.97. The third-order valence-corrected chi connectivity index (χ3v) is 4.98. The van der Waals surface area contributed by atoms with Gasteiger partial charge in [-0.3, -0.25) is 4.79 Å². The van der Waals surface area contributed by atoms with Gasteiger partial charge >= 0.3 is 0 Å². The second-order valence-electron chi connectivity index (χ2n) is 4.54. The molecule has 2 atom stereocenters. The Hall–Kier alpha value is -0.520. The zero-order valence-corrected chi connectivity index (χ0v) is 13.6. The summed E-state index contributed by atoms with van der Waals surface area (Å²) in [5.41, 5.74) is 0. The van der Waals surface area contributed by atoms with Gasteiger partial charge in [0.25, 0.3) is 0 Å². The number of hydrogen-bond acceptors (Lipinski definition) is 3. The van der Waals surface area contributed by atoms with Gasteiger partial charge in [-0.1, -0.05) is 19.1 Å². The van der Waals surface area contributed by atoms with Crippen LogP contribution in [0.5, 0.6) is 0 Å². The van der Waals surface area contributed by atoms with E-state index in [1.807, 2.05) is 38.1 Å². The molecule has 3 nitrogen and oxygen atoms in total. The van der Waals surface area contributed by atoms with E-state index >= 15 is 0 Å². The predicted octanol–water partition coefficient (Wildman–Crippen LogP) is 3.06. The van der Waals surface area contributed by atoms with Gasteiger partial charge in [-0.15, -0.1) is 11.8 Å². The first-order valence-corrected chi connectivity index (χ1v) is 8.10. The van der Waals surface area contributed by atoms with Crippen molar-refractivity contribution in [2.75, 3.05) is 12.4 Å². The average Bonchev–Trinajstić information content (AvgIpc) is 2.40. The molecule has 0 aliphatic heterocycles. The van der Waals surface area contributed by atoms with Crippen molar-refractivity contribution >= 4 is 33.6 Å². The molecule has 0 aliphatic carbocycles. The highest BCUT2D eigenvalue weighted by atomic mass is 79.9. The van der Waals surface area contributed by atoms with Gasteiger partial charge in [0, 0.05) is 34.2 Å². The third-order valence-electron chi connectivity index (χ3n) is 2.95. The SMILES string of the molecule is CC(CO)C(C)NC(=O)CCSc1ccccc1Br. The Balaban J connectivity index is 2.30. The predicted molar refractivity (Wildman–Crippen MR) is 83.3 cm³/mol. The van der Waals surface area contributed by atoms with Crippen LogP contribution in [0.15, 0.2) is 33.6 Å². The first kappa shape index (κ1) is 16.5. The summed E-state index contributed by atoms with van der Waals surface area (Å²) in [5.74, 6) is 0.863. The maximum absolute atomic E-state index is 11.7. The molecule has 1 aromatic rings. The van der Waals surface area contributed by atoms with Crippen LogP contribution in [0.1, 0.15) is 20.3 Å². The van der Waals surface area contributed by atoms with E-state index < -0.39 is 0 Å². The number of rotatable bonds is 7. The lowest BCUT2D eigenvalue weighted by atomic mass is 10.1. The molecule has 0 radical (unpaired) electrons. The van der Waals surface area contributed by atoms with Gasteiger partial charge in [0.2, 0.25) is 5.91 Å². The molecule has 0 aromatic heterocycles. The lowest BCUT2D eigenvalue weighted by molar-refractivity contribution is -0.121. The highest BCUT2D eigenvalue weighted by Gasteiger charge is 2.13. The van der Waals surface area contributed by atoms with Gasteiger partial charge in [0.1, 0.15) is 0 Å². The van der Waals surface area contributed by atoms with Crippen molar-refractivity contribution in [2.45, 2.75) is 31.2 Å². The molecule has 0 aliphatic rings. The molecule has 1 aromatic carbocycles. The number of benzene rings is 1. The topological polar surface area (TPSA) is 49.3 Å². The normalized spacial score (nSPS) is 13.9. The Morgan fingerprint density at radius 1 is 1.42 bits per heavy atom. The van der Waals surface area contributed by atoms with Gasteiger partial charge in [-0.25, -0.2) is 0 Å². The van der Waals surface area contributed by atoms with Gasteiger partial charge in [-0.05, 0) is 40.9 Å². The fourth-order valence-electron chi connectivity index (χ4n) is 1.44. The minimum Gasteiger partial charge on any atom is -0.396 e. The summed E-state index contributed by atoms with van der Waals surface area (Å²) < 4.78 is 1.06. The molecule has 0 spiro atoms. The number of amides is 1. The Kier molecular flexibility index (Phi) is 7.49. The van der Waals surface area contributed by atoms with Crippen LogP contribution >= 0.6 is 27.7 Å². The summed E-state index contributed by atoms with van der Waals surface area (Å²) in [6.45, 7) is 3.92. The minimum absolute atomic E-state index is 0.00552. The number of nitrogens with one attached hydrogen (secondary N) is 1. The van der Waals surface area contributed by atoms with E-state index in [2.05, 4.69) is 21.2 Å². The van der Waals surface area contributed by atoms with Crippen molar-refractivity contribution in [2.24, 2.45) is 5.92 Å². The van der Waals surface area contributed by atoms with Crippen LogP contribution in [0.25, 0.3) is 0 Å². The summed E-state index contributed by atoms with van der Waals surface area (Å²) in [6.07, 6.45) is 0.481. The lowest BCUT2D eigenvalue weighted by Crippen LogP contribution is -2.38. The van der Waals surface area contributed by atoms with Crippen molar-refractivity contribution in [1.29, 1.82) is 0 Å². The molecule has 1 rings (SSSR count). The van der Waals surface area contributed by atoms with Crippen molar-refractivity contribution in [3.63, 3.8) is 0 Å². The maximum atomic E-state index is 11.7. The maximum Gasteiger partial charge on any atom is 0.221 e. The molecule has 0 heterocycles. The first-order valence-electron chi connectivity index (χ1n) is 6.32. The number of carbonyl (C=O) groups is 1. The number of halogens is 1. The Morgan fingerprint density at radius 3 is 2.74 bits per heavy atom. The number of aliphatic hydroxyl groups excluding tert-OH is 1. The van der Waals surface area contributed by atoms with E-state index in [1.54, 1.807) is 11.8 Å². The minimum atomic E-state index is 0.00552. The van der Waals surface area contributed by atoms with Gasteiger partial charge in [0.15, 0.2) is 0 Å². The highest BCUT2D eigenvalue weighted by molar-refractivity contribution is 9.10. The van der Waals surface area contributed by atoms with Gasteiger partial charge < -0.3 is 10.4 Å². The molecule has 19 heavy (non-hydrogen) atoms. The number of thioether (sulfide) groups is 1. The molecule has 0 saturated heterocycles. The number of carbonyl (C=O) groups excluding carboxylic acids is 1. The van der Waals surface area contributed by atoms with E-state index in [0.29, 0.717) is 6.42 Å². The van der Waals surface area contributed by atoms with Crippen LogP contribution in [0.3, 0.4) is 0 Å². The van der Waals surface area contributed by atoms with Crippen LogP contribution in [0.4, 0.5) is 0 Å². The molecule has 106 valence electrons. The lowest BCUT2D eigenvalue weighted by Gasteiger charge is -2.19. The van der Waals surface area contributed by atoms with Crippen molar-refractivity contribution < 1.29 is 9.90 Å². The number of hydrogen-bond donors (Lipinski definition) is 2. The summed E-state index contributed by atoms with van der Waals surface area (Å²) in [5, 5.41) is 11.9. The Bertz CT molecular complexity index is 414. The van der Waals surface area contributed by atoms with Crippen molar-refractivity contribution in [3.8, 4) is 0 Å². The molecular formula is C14H20BrNO2S. The Labute approximate surface area is 127 Å². The van der Waals surface area contributed by atoms with E-state index in [4.69, 9.17) is 5.11 Å². The fraction of sp³-hybridized carbons (Fsp3) is 0.500. The van der Waals surface area contributed by atoms with Crippen LogP contribution in [0, 0.1) is 5.92 Å². The first-order chi connectivity index (χ1) is 9.04. The van der Waals surface area contributed by atoms with E-state index in [0.717, 1.165) is 15.1 Å².